The third kappa shape index (κ3) is 3.99. The minimum absolute atomic E-state index is 0.0295. The summed E-state index contributed by atoms with van der Waals surface area (Å²) in [5.41, 5.74) is 2.76. The van der Waals surface area contributed by atoms with E-state index < -0.39 is 0 Å². The minimum Gasteiger partial charge on any atom is -0.325 e. The number of nitrogens with zero attached hydrogens (tertiary/aromatic N) is 4. The van der Waals surface area contributed by atoms with E-state index in [9.17, 15) is 9.59 Å². The smallest absolute Gasteiger partial charge is 0.272 e. The maximum atomic E-state index is 12.9. The summed E-state index contributed by atoms with van der Waals surface area (Å²) in [4.78, 5) is 25.3. The topological polar surface area (TPSA) is 81.3 Å². The molecular weight excluding hydrogens is 418 g/mol. The molecule has 0 radical (unpaired) electrons. The second-order valence-corrected chi connectivity index (χ2v) is 8.81. The monoisotopic (exact) mass is 441 g/mol. The molecular formula is C21H23N5O2S2. The van der Waals surface area contributed by atoms with Crippen molar-refractivity contribution in [3.63, 3.8) is 0 Å². The maximum Gasteiger partial charge on any atom is 0.272 e. The van der Waals surface area contributed by atoms with E-state index in [4.69, 9.17) is 0 Å². The van der Waals surface area contributed by atoms with Gasteiger partial charge in [0, 0.05) is 12.2 Å². The van der Waals surface area contributed by atoms with Gasteiger partial charge in [-0.25, -0.2) is 0 Å². The highest BCUT2D eigenvalue weighted by Gasteiger charge is 2.18. The molecule has 0 unspecified atom stereocenters. The van der Waals surface area contributed by atoms with Gasteiger partial charge >= 0.3 is 0 Å². The van der Waals surface area contributed by atoms with Gasteiger partial charge in [0.15, 0.2) is 5.16 Å². The van der Waals surface area contributed by atoms with Crippen LogP contribution in [0, 0.1) is 0 Å². The first kappa shape index (κ1) is 20.6. The summed E-state index contributed by atoms with van der Waals surface area (Å²) in [6.45, 7) is 4.79. The fraction of sp³-hybridized carbons (Fsp3) is 0.333. The molecule has 0 saturated carbocycles. The molecule has 0 aliphatic carbocycles. The number of carbonyl (C=O) groups excluding carboxylic acids is 1. The van der Waals surface area contributed by atoms with E-state index in [1.54, 1.807) is 4.57 Å². The van der Waals surface area contributed by atoms with Crippen LogP contribution in [0.25, 0.3) is 16.0 Å². The van der Waals surface area contributed by atoms with Gasteiger partial charge in [-0.1, -0.05) is 44.2 Å². The van der Waals surface area contributed by atoms with Gasteiger partial charge in [-0.05, 0) is 42.0 Å². The number of anilines is 1. The van der Waals surface area contributed by atoms with Crippen LogP contribution in [0.1, 0.15) is 32.3 Å². The van der Waals surface area contributed by atoms with Gasteiger partial charge in [0.25, 0.3) is 5.56 Å². The van der Waals surface area contributed by atoms with Gasteiger partial charge in [-0.3, -0.25) is 18.6 Å². The van der Waals surface area contributed by atoms with Gasteiger partial charge in [-0.2, -0.15) is 0 Å². The first-order chi connectivity index (χ1) is 14.6. The Labute approximate surface area is 182 Å². The highest BCUT2D eigenvalue weighted by molar-refractivity contribution is 7.99. The summed E-state index contributed by atoms with van der Waals surface area (Å²) in [6, 6.07) is 9.75. The summed E-state index contributed by atoms with van der Waals surface area (Å²) < 4.78 is 4.26. The first-order valence-corrected chi connectivity index (χ1v) is 11.9. The summed E-state index contributed by atoms with van der Waals surface area (Å²) in [7, 11) is 0. The average Bonchev–Trinajstić information content (AvgIpc) is 3.40. The molecule has 4 rings (SSSR count). The first-order valence-electron chi connectivity index (χ1n) is 9.99. The predicted molar refractivity (Wildman–Crippen MR) is 123 cm³/mol. The molecule has 30 heavy (non-hydrogen) atoms. The number of nitrogens with one attached hydrogen (secondary N) is 1. The zero-order valence-corrected chi connectivity index (χ0v) is 18.6. The second-order valence-electron chi connectivity index (χ2n) is 6.95. The number of thioether (sulfide) groups is 1. The van der Waals surface area contributed by atoms with Gasteiger partial charge < -0.3 is 5.32 Å². The van der Waals surface area contributed by atoms with Gasteiger partial charge in [0.1, 0.15) is 4.70 Å². The van der Waals surface area contributed by atoms with Crippen LogP contribution < -0.4 is 10.9 Å². The Morgan fingerprint density at radius 2 is 1.97 bits per heavy atom. The lowest BCUT2D eigenvalue weighted by atomic mass is 10.1. The van der Waals surface area contributed by atoms with E-state index in [1.807, 2.05) is 40.1 Å². The number of carbonyl (C=O) groups is 1. The molecule has 0 atom stereocenters. The van der Waals surface area contributed by atoms with Crippen molar-refractivity contribution in [3.8, 4) is 0 Å². The summed E-state index contributed by atoms with van der Waals surface area (Å²) in [5, 5.41) is 14.0. The largest absolute Gasteiger partial charge is 0.325 e. The van der Waals surface area contributed by atoms with Gasteiger partial charge in [-0.15, -0.1) is 21.5 Å². The number of rotatable bonds is 8. The van der Waals surface area contributed by atoms with E-state index in [0.717, 1.165) is 30.5 Å². The number of benzene rings is 1. The molecule has 0 saturated heterocycles. The molecule has 1 aromatic carbocycles. The fourth-order valence-corrected chi connectivity index (χ4v) is 4.83. The molecule has 0 aliphatic heterocycles. The highest BCUT2D eigenvalue weighted by Crippen LogP contribution is 2.24. The zero-order valence-electron chi connectivity index (χ0n) is 16.9. The van der Waals surface area contributed by atoms with Crippen LogP contribution in [0.5, 0.6) is 0 Å². The molecule has 1 amide bonds. The van der Waals surface area contributed by atoms with Crippen LogP contribution in [0.3, 0.4) is 0 Å². The molecule has 0 fully saturated rings. The van der Waals surface area contributed by atoms with Crippen molar-refractivity contribution in [1.82, 2.24) is 19.2 Å². The lowest BCUT2D eigenvalue weighted by Gasteiger charge is -2.09. The summed E-state index contributed by atoms with van der Waals surface area (Å²) >= 11 is 2.73. The molecule has 7 nitrogen and oxygen atoms in total. The van der Waals surface area contributed by atoms with Crippen molar-refractivity contribution in [2.45, 2.75) is 44.8 Å². The average molecular weight is 442 g/mol. The number of hydrogen-bond donors (Lipinski definition) is 1. The molecule has 3 heterocycles. The van der Waals surface area contributed by atoms with Crippen LogP contribution >= 0.6 is 23.1 Å². The Morgan fingerprint density at radius 3 is 2.70 bits per heavy atom. The Balaban J connectivity index is 1.58. The standard InChI is InChI=1S/C21H23N5O2S2/c1-3-5-11-25-19(28)18-16(10-12-29-18)26-20(25)23-24-21(26)30-13-17(27)22-15-8-6-14(4-2)7-9-15/h6-10,12H,3-5,11,13H2,1-2H3,(H,22,27). The maximum absolute atomic E-state index is 12.9. The summed E-state index contributed by atoms with van der Waals surface area (Å²) in [6.07, 6.45) is 2.83. The highest BCUT2D eigenvalue weighted by atomic mass is 32.2. The fourth-order valence-electron chi connectivity index (χ4n) is 3.26. The van der Waals surface area contributed by atoms with E-state index in [0.29, 0.717) is 22.2 Å². The van der Waals surface area contributed by atoms with Crippen molar-refractivity contribution < 1.29 is 4.79 Å². The molecule has 1 N–H and O–H groups in total. The number of unbranched alkanes of at least 4 members (excludes halogenated alkanes) is 1. The molecule has 4 aromatic rings. The Hall–Kier alpha value is -2.65. The predicted octanol–water partition coefficient (Wildman–Crippen LogP) is 4.20. The molecule has 3 aromatic heterocycles. The number of fused-ring (bicyclic) bond motifs is 3. The number of hydrogen-bond acceptors (Lipinski definition) is 6. The minimum atomic E-state index is -0.109. The normalized spacial score (nSPS) is 11.4. The molecule has 0 bridgehead atoms. The SMILES string of the molecule is CCCCn1c(=O)c2sccc2n2c(SCC(=O)Nc3ccc(CC)cc3)nnc12. The van der Waals surface area contributed by atoms with Crippen molar-refractivity contribution in [2.24, 2.45) is 0 Å². The number of aromatic nitrogens is 4. The van der Waals surface area contributed by atoms with Crippen LogP contribution in [-0.4, -0.2) is 30.8 Å². The number of aryl methyl sites for hydroxylation is 2. The van der Waals surface area contributed by atoms with Crippen LogP contribution in [0.2, 0.25) is 0 Å². The van der Waals surface area contributed by atoms with Crippen molar-refractivity contribution >= 4 is 50.7 Å². The number of thiophene rings is 1. The Kier molecular flexibility index (Phi) is 6.19. The van der Waals surface area contributed by atoms with Crippen molar-refractivity contribution in [2.75, 3.05) is 11.1 Å². The molecule has 0 spiro atoms. The van der Waals surface area contributed by atoms with Crippen molar-refractivity contribution in [1.29, 1.82) is 0 Å². The summed E-state index contributed by atoms with van der Waals surface area (Å²) in [5.74, 6) is 0.620. The van der Waals surface area contributed by atoms with E-state index in [1.165, 1.54) is 28.7 Å². The van der Waals surface area contributed by atoms with Crippen LogP contribution in [-0.2, 0) is 17.8 Å². The van der Waals surface area contributed by atoms with Gasteiger partial charge in [0.2, 0.25) is 11.7 Å². The van der Waals surface area contributed by atoms with Crippen molar-refractivity contribution in [3.05, 3.63) is 51.6 Å². The lowest BCUT2D eigenvalue weighted by molar-refractivity contribution is -0.113. The van der Waals surface area contributed by atoms with Crippen LogP contribution in [0.4, 0.5) is 5.69 Å². The van der Waals surface area contributed by atoms with E-state index >= 15 is 0 Å². The van der Waals surface area contributed by atoms with E-state index in [-0.39, 0.29) is 17.2 Å². The van der Waals surface area contributed by atoms with E-state index in [2.05, 4.69) is 29.4 Å². The Morgan fingerprint density at radius 1 is 1.17 bits per heavy atom. The molecule has 156 valence electrons. The quantitative estimate of drug-likeness (QED) is 0.415. The molecule has 0 aliphatic rings. The third-order valence-corrected chi connectivity index (χ3v) is 6.72. The zero-order chi connectivity index (χ0) is 21.1. The Bertz CT molecular complexity index is 1240. The van der Waals surface area contributed by atoms with Gasteiger partial charge in [0.05, 0.1) is 11.3 Å². The molecule has 9 heteroatoms. The second kappa shape index (κ2) is 9.01. The lowest BCUT2D eigenvalue weighted by Crippen LogP contribution is -2.22. The third-order valence-electron chi connectivity index (χ3n) is 4.90. The van der Waals surface area contributed by atoms with Crippen LogP contribution in [0.15, 0.2) is 45.7 Å². The number of amides is 1.